The van der Waals surface area contributed by atoms with Crippen molar-refractivity contribution in [3.63, 3.8) is 0 Å². The van der Waals surface area contributed by atoms with Crippen molar-refractivity contribution < 1.29 is 4.39 Å². The minimum Gasteiger partial charge on any atom is -0.388 e. The van der Waals surface area contributed by atoms with Crippen molar-refractivity contribution >= 4 is 5.70 Å². The van der Waals surface area contributed by atoms with E-state index in [1.807, 2.05) is 13.1 Å². The third kappa shape index (κ3) is 4.07. The van der Waals surface area contributed by atoms with E-state index < -0.39 is 6.17 Å². The van der Waals surface area contributed by atoms with E-state index in [0.717, 1.165) is 53.9 Å². The molecule has 0 aromatic heterocycles. The SMILES string of the molecule is C=C(NC)c1cc(CCNCC)cc(C(C)F)c1CC. The van der Waals surface area contributed by atoms with Gasteiger partial charge in [0.05, 0.1) is 0 Å². The number of alkyl halides is 1. The maximum atomic E-state index is 13.9. The average molecular weight is 278 g/mol. The van der Waals surface area contributed by atoms with Gasteiger partial charge in [-0.3, -0.25) is 0 Å². The first-order valence-corrected chi connectivity index (χ1v) is 7.42. The van der Waals surface area contributed by atoms with Gasteiger partial charge in [0.15, 0.2) is 0 Å². The fourth-order valence-electron chi connectivity index (χ4n) is 2.46. The molecule has 0 aliphatic carbocycles. The Kier molecular flexibility index (Phi) is 6.73. The summed E-state index contributed by atoms with van der Waals surface area (Å²) < 4.78 is 13.9. The molecule has 2 N–H and O–H groups in total. The van der Waals surface area contributed by atoms with Crippen molar-refractivity contribution in [2.24, 2.45) is 0 Å². The van der Waals surface area contributed by atoms with Gasteiger partial charge < -0.3 is 10.6 Å². The van der Waals surface area contributed by atoms with Crippen LogP contribution in [0, 0.1) is 0 Å². The molecule has 1 atom stereocenters. The zero-order chi connectivity index (χ0) is 15.1. The molecule has 0 aliphatic rings. The van der Waals surface area contributed by atoms with Crippen LogP contribution in [0.3, 0.4) is 0 Å². The number of likely N-dealkylation sites (N-methyl/N-ethyl adjacent to an activating group) is 1. The Morgan fingerprint density at radius 2 is 2.05 bits per heavy atom. The predicted octanol–water partition coefficient (Wildman–Crippen LogP) is 3.62. The normalized spacial score (nSPS) is 12.2. The molecule has 0 radical (unpaired) electrons. The van der Waals surface area contributed by atoms with E-state index in [-0.39, 0.29) is 0 Å². The lowest BCUT2D eigenvalue weighted by atomic mass is 9.91. The molecule has 3 heteroatoms. The highest BCUT2D eigenvalue weighted by Crippen LogP contribution is 2.29. The van der Waals surface area contributed by atoms with Crippen LogP contribution < -0.4 is 10.6 Å². The summed E-state index contributed by atoms with van der Waals surface area (Å²) in [6.07, 6.45) is 0.765. The van der Waals surface area contributed by atoms with Crippen LogP contribution in [-0.2, 0) is 12.8 Å². The summed E-state index contributed by atoms with van der Waals surface area (Å²) in [6, 6.07) is 4.15. The van der Waals surface area contributed by atoms with E-state index in [1.54, 1.807) is 6.92 Å². The van der Waals surface area contributed by atoms with Crippen molar-refractivity contribution in [2.45, 2.75) is 39.8 Å². The summed E-state index contributed by atoms with van der Waals surface area (Å²) >= 11 is 0. The molecule has 0 heterocycles. The van der Waals surface area contributed by atoms with Crippen molar-refractivity contribution in [1.82, 2.24) is 10.6 Å². The lowest BCUT2D eigenvalue weighted by Crippen LogP contribution is -2.17. The molecular weight excluding hydrogens is 251 g/mol. The fourth-order valence-corrected chi connectivity index (χ4v) is 2.46. The van der Waals surface area contributed by atoms with Crippen LogP contribution in [0.5, 0.6) is 0 Å². The molecule has 0 amide bonds. The molecule has 1 unspecified atom stereocenters. The summed E-state index contributed by atoms with van der Waals surface area (Å²) in [4.78, 5) is 0. The van der Waals surface area contributed by atoms with Gasteiger partial charge in [-0.25, -0.2) is 4.39 Å². The number of rotatable bonds is 8. The molecule has 0 fully saturated rings. The zero-order valence-electron chi connectivity index (χ0n) is 13.1. The van der Waals surface area contributed by atoms with Crippen molar-refractivity contribution in [2.75, 3.05) is 20.1 Å². The van der Waals surface area contributed by atoms with Crippen molar-refractivity contribution in [3.8, 4) is 0 Å². The van der Waals surface area contributed by atoms with Crippen molar-refractivity contribution in [1.29, 1.82) is 0 Å². The summed E-state index contributed by atoms with van der Waals surface area (Å²) in [5, 5.41) is 6.39. The first-order chi connectivity index (χ1) is 9.54. The summed E-state index contributed by atoms with van der Waals surface area (Å²) in [5.74, 6) is 0. The highest BCUT2D eigenvalue weighted by molar-refractivity contribution is 5.67. The molecule has 0 spiro atoms. The highest BCUT2D eigenvalue weighted by atomic mass is 19.1. The third-order valence-corrected chi connectivity index (χ3v) is 3.59. The molecule has 0 saturated heterocycles. The first kappa shape index (κ1) is 16.7. The van der Waals surface area contributed by atoms with Crippen LogP contribution in [0.25, 0.3) is 5.70 Å². The molecule has 1 aromatic carbocycles. The number of hydrogen-bond acceptors (Lipinski definition) is 2. The Hall–Kier alpha value is -1.35. The van der Waals surface area contributed by atoms with Crippen LogP contribution in [-0.4, -0.2) is 20.1 Å². The smallest absolute Gasteiger partial charge is 0.123 e. The van der Waals surface area contributed by atoms with E-state index >= 15 is 0 Å². The van der Waals surface area contributed by atoms with Gasteiger partial charge in [-0.1, -0.05) is 26.5 Å². The molecular formula is C17H27FN2. The molecule has 1 aromatic rings. The minimum absolute atomic E-state index is 0.799. The van der Waals surface area contributed by atoms with Gasteiger partial charge in [0.2, 0.25) is 0 Å². The summed E-state index contributed by atoms with van der Waals surface area (Å²) in [5.41, 5.74) is 4.92. The summed E-state index contributed by atoms with van der Waals surface area (Å²) in [6.45, 7) is 11.7. The van der Waals surface area contributed by atoms with Gasteiger partial charge in [-0.2, -0.15) is 0 Å². The van der Waals surface area contributed by atoms with E-state index in [1.165, 1.54) is 0 Å². The van der Waals surface area contributed by atoms with E-state index in [2.05, 4.69) is 37.1 Å². The number of benzene rings is 1. The Balaban J connectivity index is 3.21. The Morgan fingerprint density at radius 3 is 2.55 bits per heavy atom. The van der Waals surface area contributed by atoms with E-state index in [4.69, 9.17) is 0 Å². The van der Waals surface area contributed by atoms with Crippen LogP contribution in [0.15, 0.2) is 18.7 Å². The number of nitrogens with one attached hydrogen (secondary N) is 2. The predicted molar refractivity (Wildman–Crippen MR) is 85.7 cm³/mol. The monoisotopic (exact) mass is 278 g/mol. The minimum atomic E-state index is -0.951. The van der Waals surface area contributed by atoms with Crippen LogP contribution in [0.4, 0.5) is 4.39 Å². The van der Waals surface area contributed by atoms with Gasteiger partial charge in [-0.15, -0.1) is 0 Å². The molecule has 20 heavy (non-hydrogen) atoms. The Morgan fingerprint density at radius 1 is 1.35 bits per heavy atom. The van der Waals surface area contributed by atoms with Gasteiger partial charge in [-0.05, 0) is 55.6 Å². The van der Waals surface area contributed by atoms with Crippen molar-refractivity contribution in [3.05, 3.63) is 41.0 Å². The van der Waals surface area contributed by atoms with E-state index in [9.17, 15) is 4.39 Å². The van der Waals surface area contributed by atoms with Gasteiger partial charge >= 0.3 is 0 Å². The van der Waals surface area contributed by atoms with Crippen LogP contribution in [0.1, 0.15) is 49.2 Å². The fraction of sp³-hybridized carbons (Fsp3) is 0.529. The number of hydrogen-bond donors (Lipinski definition) is 2. The van der Waals surface area contributed by atoms with Gasteiger partial charge in [0.1, 0.15) is 6.17 Å². The maximum absolute atomic E-state index is 13.9. The molecule has 0 aliphatic heterocycles. The van der Waals surface area contributed by atoms with Crippen LogP contribution in [0.2, 0.25) is 0 Å². The zero-order valence-corrected chi connectivity index (χ0v) is 13.1. The van der Waals surface area contributed by atoms with Crippen LogP contribution >= 0.6 is 0 Å². The topological polar surface area (TPSA) is 24.1 Å². The van der Waals surface area contributed by atoms with E-state index in [0.29, 0.717) is 0 Å². The molecule has 0 saturated carbocycles. The Bertz CT molecular complexity index is 453. The number of halogens is 1. The summed E-state index contributed by atoms with van der Waals surface area (Å²) in [7, 11) is 1.85. The second-order valence-electron chi connectivity index (χ2n) is 5.01. The van der Waals surface area contributed by atoms with Gasteiger partial charge in [0, 0.05) is 18.3 Å². The lowest BCUT2D eigenvalue weighted by Gasteiger charge is -2.18. The molecule has 0 bridgehead atoms. The van der Waals surface area contributed by atoms with Gasteiger partial charge in [0.25, 0.3) is 0 Å². The highest BCUT2D eigenvalue weighted by Gasteiger charge is 2.15. The largest absolute Gasteiger partial charge is 0.388 e. The average Bonchev–Trinajstić information content (AvgIpc) is 2.45. The molecule has 112 valence electrons. The third-order valence-electron chi connectivity index (χ3n) is 3.59. The standard InChI is InChI=1S/C17H27FN2/c1-6-15-16(12(3)18)10-14(8-9-20-7-2)11-17(15)13(4)19-5/h10-12,19-20H,4,6-9H2,1-3,5H3. The first-order valence-electron chi connectivity index (χ1n) is 7.42. The molecule has 1 rings (SSSR count). The Labute approximate surface area is 122 Å². The maximum Gasteiger partial charge on any atom is 0.123 e. The second-order valence-corrected chi connectivity index (χ2v) is 5.01. The second kappa shape index (κ2) is 8.05. The quantitative estimate of drug-likeness (QED) is 0.710. The molecule has 2 nitrogen and oxygen atoms in total. The lowest BCUT2D eigenvalue weighted by molar-refractivity contribution is 0.371.